The molecule has 0 amide bonds. The first kappa shape index (κ1) is 11.9. The third kappa shape index (κ3) is 2.20. The van der Waals surface area contributed by atoms with Crippen molar-refractivity contribution in [2.24, 2.45) is 5.92 Å². The largest absolute Gasteiger partial charge is 0.381 e. The number of halogens is 1. The third-order valence-corrected chi connectivity index (χ3v) is 3.88. The highest BCUT2D eigenvalue weighted by atomic mass is 79.9. The van der Waals surface area contributed by atoms with Gasteiger partial charge in [-0.3, -0.25) is 4.79 Å². The van der Waals surface area contributed by atoms with Gasteiger partial charge in [0.2, 0.25) is 0 Å². The molecule has 92 valence electrons. The van der Waals surface area contributed by atoms with E-state index in [1.807, 2.05) is 30.3 Å². The molecule has 1 aliphatic rings. The number of hydrogen-bond donors (Lipinski definition) is 0. The van der Waals surface area contributed by atoms with Crippen LogP contribution in [0.25, 0.3) is 10.8 Å². The van der Waals surface area contributed by atoms with Gasteiger partial charge in [0.15, 0.2) is 5.78 Å². The highest BCUT2D eigenvalue weighted by molar-refractivity contribution is 9.10. The Kier molecular flexibility index (Phi) is 3.18. The highest BCUT2D eigenvalue weighted by Gasteiger charge is 2.24. The maximum absolute atomic E-state index is 12.3. The molecule has 0 N–H and O–H groups in total. The smallest absolute Gasteiger partial charge is 0.168 e. The summed E-state index contributed by atoms with van der Waals surface area (Å²) in [6, 6.07) is 12.0. The Morgan fingerprint density at radius 2 is 1.94 bits per heavy atom. The van der Waals surface area contributed by atoms with Crippen LogP contribution >= 0.6 is 15.9 Å². The van der Waals surface area contributed by atoms with Crippen LogP contribution in [0.4, 0.5) is 0 Å². The fraction of sp³-hybridized carbons (Fsp3) is 0.267. The molecule has 1 heterocycles. The summed E-state index contributed by atoms with van der Waals surface area (Å²) in [6.45, 7) is 1.27. The Morgan fingerprint density at radius 1 is 1.17 bits per heavy atom. The van der Waals surface area contributed by atoms with Crippen molar-refractivity contribution in [2.45, 2.75) is 6.42 Å². The van der Waals surface area contributed by atoms with Crippen molar-refractivity contribution in [3.8, 4) is 0 Å². The topological polar surface area (TPSA) is 26.3 Å². The molecule has 0 radical (unpaired) electrons. The second-order valence-corrected chi connectivity index (χ2v) is 5.55. The van der Waals surface area contributed by atoms with Crippen molar-refractivity contribution in [2.75, 3.05) is 13.2 Å². The lowest BCUT2D eigenvalue weighted by atomic mass is 9.95. The monoisotopic (exact) mass is 304 g/mol. The number of carbonyl (C=O) groups excluding carboxylic acids is 1. The van der Waals surface area contributed by atoms with Crippen molar-refractivity contribution in [3.05, 3.63) is 46.4 Å². The van der Waals surface area contributed by atoms with Crippen LogP contribution in [0.3, 0.4) is 0 Å². The van der Waals surface area contributed by atoms with Gasteiger partial charge in [-0.2, -0.15) is 0 Å². The predicted octanol–water partition coefficient (Wildman–Crippen LogP) is 3.82. The summed E-state index contributed by atoms with van der Waals surface area (Å²) in [7, 11) is 0. The second kappa shape index (κ2) is 4.82. The van der Waals surface area contributed by atoms with Crippen LogP contribution in [0.5, 0.6) is 0 Å². The van der Waals surface area contributed by atoms with E-state index in [1.54, 1.807) is 0 Å². The number of Topliss-reactive ketones (excluding diaryl/α,β-unsaturated/α-hetero) is 1. The molecule has 0 saturated carbocycles. The average molecular weight is 305 g/mol. The molecule has 18 heavy (non-hydrogen) atoms. The van der Waals surface area contributed by atoms with E-state index in [0.29, 0.717) is 13.2 Å². The fourth-order valence-electron chi connectivity index (χ4n) is 2.35. The summed E-state index contributed by atoms with van der Waals surface area (Å²) in [6.07, 6.45) is 0.844. The summed E-state index contributed by atoms with van der Waals surface area (Å²) < 4.78 is 6.33. The van der Waals surface area contributed by atoms with Crippen LogP contribution in [-0.4, -0.2) is 19.0 Å². The maximum atomic E-state index is 12.3. The molecule has 0 aromatic heterocycles. The number of hydrogen-bond acceptors (Lipinski definition) is 2. The van der Waals surface area contributed by atoms with Gasteiger partial charge in [-0.05, 0) is 35.4 Å². The molecule has 2 aromatic carbocycles. The summed E-state index contributed by atoms with van der Waals surface area (Å²) in [5, 5.41) is 2.24. The number of ketones is 1. The minimum absolute atomic E-state index is 0.0397. The number of benzene rings is 2. The molecule has 3 heteroatoms. The summed E-state index contributed by atoms with van der Waals surface area (Å²) in [4.78, 5) is 12.3. The first-order valence-corrected chi connectivity index (χ1v) is 6.84. The molecular formula is C15H13BrO2. The van der Waals surface area contributed by atoms with Crippen molar-refractivity contribution in [1.29, 1.82) is 0 Å². The molecule has 2 aromatic rings. The van der Waals surface area contributed by atoms with Crippen LogP contribution in [0.1, 0.15) is 16.8 Å². The van der Waals surface area contributed by atoms with Crippen LogP contribution in [0.2, 0.25) is 0 Å². The van der Waals surface area contributed by atoms with Crippen LogP contribution in [0.15, 0.2) is 40.9 Å². The zero-order chi connectivity index (χ0) is 12.5. The zero-order valence-electron chi connectivity index (χ0n) is 9.86. The first-order chi connectivity index (χ1) is 8.74. The van der Waals surface area contributed by atoms with Gasteiger partial charge in [-0.1, -0.05) is 34.1 Å². The molecule has 1 fully saturated rings. The third-order valence-electron chi connectivity index (χ3n) is 3.39. The van der Waals surface area contributed by atoms with Gasteiger partial charge in [0.25, 0.3) is 0 Å². The molecule has 1 saturated heterocycles. The van der Waals surface area contributed by atoms with Crippen molar-refractivity contribution >= 4 is 32.5 Å². The second-order valence-electron chi connectivity index (χ2n) is 4.63. The molecule has 0 spiro atoms. The minimum atomic E-state index is 0.0397. The summed E-state index contributed by atoms with van der Waals surface area (Å²) in [5.74, 6) is 0.246. The summed E-state index contributed by atoms with van der Waals surface area (Å²) in [5.41, 5.74) is 0.792. The van der Waals surface area contributed by atoms with Gasteiger partial charge in [-0.25, -0.2) is 0 Å². The maximum Gasteiger partial charge on any atom is 0.168 e. The number of ether oxygens (including phenoxy) is 1. The van der Waals surface area contributed by atoms with Gasteiger partial charge >= 0.3 is 0 Å². The molecule has 1 aliphatic heterocycles. The van der Waals surface area contributed by atoms with Crippen molar-refractivity contribution < 1.29 is 9.53 Å². The van der Waals surface area contributed by atoms with E-state index in [4.69, 9.17) is 4.74 Å². The highest BCUT2D eigenvalue weighted by Crippen LogP contribution is 2.24. The molecule has 0 aliphatic carbocycles. The van der Waals surface area contributed by atoms with Crippen LogP contribution in [0, 0.1) is 5.92 Å². The van der Waals surface area contributed by atoms with E-state index < -0.39 is 0 Å². The molecule has 1 unspecified atom stereocenters. The molecule has 1 atom stereocenters. The van der Waals surface area contributed by atoms with Crippen molar-refractivity contribution in [3.63, 3.8) is 0 Å². The first-order valence-electron chi connectivity index (χ1n) is 6.05. The van der Waals surface area contributed by atoms with E-state index in [9.17, 15) is 4.79 Å². The Labute approximate surface area is 114 Å². The van der Waals surface area contributed by atoms with E-state index in [-0.39, 0.29) is 11.7 Å². The predicted molar refractivity (Wildman–Crippen MR) is 74.9 cm³/mol. The van der Waals surface area contributed by atoms with Gasteiger partial charge in [-0.15, -0.1) is 0 Å². The lowest BCUT2D eigenvalue weighted by Gasteiger charge is -2.07. The van der Waals surface area contributed by atoms with Gasteiger partial charge in [0.05, 0.1) is 6.61 Å². The Bertz CT molecular complexity index is 600. The van der Waals surface area contributed by atoms with E-state index in [1.165, 1.54) is 0 Å². The Hall–Kier alpha value is -1.19. The Balaban J connectivity index is 1.97. The van der Waals surface area contributed by atoms with Gasteiger partial charge < -0.3 is 4.74 Å². The normalized spacial score (nSPS) is 19.3. The lowest BCUT2D eigenvalue weighted by molar-refractivity contribution is 0.0900. The van der Waals surface area contributed by atoms with Crippen LogP contribution < -0.4 is 0 Å². The van der Waals surface area contributed by atoms with Crippen LogP contribution in [-0.2, 0) is 4.74 Å². The minimum Gasteiger partial charge on any atom is -0.381 e. The molecule has 2 nitrogen and oxygen atoms in total. The molecular weight excluding hydrogens is 292 g/mol. The quantitative estimate of drug-likeness (QED) is 0.788. The lowest BCUT2D eigenvalue weighted by Crippen LogP contribution is -2.14. The molecule has 3 rings (SSSR count). The zero-order valence-corrected chi connectivity index (χ0v) is 11.4. The number of carbonyl (C=O) groups is 1. The number of rotatable bonds is 2. The number of fused-ring (bicyclic) bond motifs is 1. The average Bonchev–Trinajstić information content (AvgIpc) is 2.91. The van der Waals surface area contributed by atoms with Gasteiger partial charge in [0, 0.05) is 22.6 Å². The van der Waals surface area contributed by atoms with Crippen molar-refractivity contribution in [1.82, 2.24) is 0 Å². The standard InChI is InChI=1S/C15H13BrO2/c16-14-4-3-10-7-12(2-1-11(10)8-14)15(17)13-5-6-18-9-13/h1-4,7-8,13H,5-6,9H2. The van der Waals surface area contributed by atoms with E-state index in [0.717, 1.165) is 27.2 Å². The van der Waals surface area contributed by atoms with E-state index >= 15 is 0 Å². The molecule has 0 bridgehead atoms. The Morgan fingerprint density at radius 3 is 2.72 bits per heavy atom. The van der Waals surface area contributed by atoms with E-state index in [2.05, 4.69) is 22.0 Å². The SMILES string of the molecule is O=C(c1ccc2cc(Br)ccc2c1)C1CCOC1. The van der Waals surface area contributed by atoms with Gasteiger partial charge in [0.1, 0.15) is 0 Å². The fourth-order valence-corrected chi connectivity index (χ4v) is 2.73. The summed E-state index contributed by atoms with van der Waals surface area (Å²) >= 11 is 3.45.